The molecule has 3 heteroatoms. The lowest BCUT2D eigenvalue weighted by Crippen LogP contribution is -2.50. The topological polar surface area (TPSA) is 38.7 Å². The van der Waals surface area contributed by atoms with Gasteiger partial charge in [-0.15, -0.1) is 0 Å². The van der Waals surface area contributed by atoms with Gasteiger partial charge in [-0.1, -0.05) is 77.7 Å². The summed E-state index contributed by atoms with van der Waals surface area (Å²) < 4.78 is 10.0. The van der Waals surface area contributed by atoms with Crippen LogP contribution in [-0.4, -0.2) is 25.4 Å². The highest BCUT2D eigenvalue weighted by atomic mass is 16.5. The third kappa shape index (κ3) is 5.84. The van der Waals surface area contributed by atoms with Gasteiger partial charge in [-0.25, -0.2) is 0 Å². The van der Waals surface area contributed by atoms with Crippen molar-refractivity contribution in [1.82, 2.24) is 0 Å². The first-order valence-corrected chi connectivity index (χ1v) is 15.7. The molecule has 3 saturated carbocycles. The highest BCUT2D eigenvalue weighted by molar-refractivity contribution is 5.39. The Kier molecular flexibility index (Phi) is 9.60. The maximum atomic E-state index is 10.2. The zero-order valence-corrected chi connectivity index (χ0v) is 25.5. The maximum absolute atomic E-state index is 10.2. The van der Waals surface area contributed by atoms with E-state index in [-0.39, 0.29) is 6.10 Å². The largest absolute Gasteiger partial charge is 0.493 e. The monoisotopic (exact) mass is 524 g/mol. The van der Waals surface area contributed by atoms with Crippen LogP contribution in [0, 0.1) is 46.3 Å². The molecule has 0 aliphatic heterocycles. The summed E-state index contributed by atoms with van der Waals surface area (Å²) in [5, 5.41) is 10.2. The number of rotatable bonds is 7. The van der Waals surface area contributed by atoms with E-state index in [2.05, 4.69) is 40.7 Å². The Balaban J connectivity index is 0.000000283. The van der Waals surface area contributed by atoms with Gasteiger partial charge in [0.05, 0.1) is 20.3 Å². The lowest BCUT2D eigenvalue weighted by atomic mass is 9.47. The lowest BCUT2D eigenvalue weighted by Gasteiger charge is -2.58. The number of aliphatic hydroxyl groups is 1. The third-order valence-corrected chi connectivity index (χ3v) is 11.6. The molecule has 5 rings (SSSR count). The van der Waals surface area contributed by atoms with E-state index in [9.17, 15) is 5.11 Å². The Morgan fingerprint density at radius 3 is 2.21 bits per heavy atom. The molecule has 1 aromatic carbocycles. The molecule has 38 heavy (non-hydrogen) atoms. The van der Waals surface area contributed by atoms with Gasteiger partial charge in [0.25, 0.3) is 0 Å². The minimum Gasteiger partial charge on any atom is -0.493 e. The van der Waals surface area contributed by atoms with Crippen LogP contribution in [0.25, 0.3) is 0 Å². The van der Waals surface area contributed by atoms with E-state index < -0.39 is 0 Å². The Hall–Kier alpha value is -1.48. The standard InChI is InChI=1S/C27H46O.C8H10O2/c1-18(2)7-6-8-19(3)23-11-12-24-22-10-9-20-17-21(28)13-15-26(20,4)25(22)14-16-27(23,24)5;1-9-7-5-3-4-6-8(7)10-2/h9,18-19,21-25,28H,6-8,10-17H2,1-5H3;3-6H,1-2H3/t19?,21-,22-,23+,24-,25-,26-,27+;/m0./s1. The van der Waals surface area contributed by atoms with Crippen LogP contribution in [-0.2, 0) is 0 Å². The number of methoxy groups -OCH3 is 2. The molecule has 0 heterocycles. The number of aliphatic hydroxyl groups excluding tert-OH is 1. The third-order valence-electron chi connectivity index (χ3n) is 11.6. The van der Waals surface area contributed by atoms with E-state index in [4.69, 9.17) is 9.47 Å². The zero-order chi connectivity index (χ0) is 27.5. The van der Waals surface area contributed by atoms with Crippen molar-refractivity contribution >= 4 is 0 Å². The molecule has 1 aromatic rings. The second kappa shape index (κ2) is 12.4. The van der Waals surface area contributed by atoms with Crippen LogP contribution < -0.4 is 9.47 Å². The fraction of sp³-hybridized carbons (Fsp3) is 0.771. The van der Waals surface area contributed by atoms with Crippen molar-refractivity contribution in [3.8, 4) is 11.5 Å². The predicted octanol–water partition coefficient (Wildman–Crippen LogP) is 9.09. The van der Waals surface area contributed by atoms with Crippen molar-refractivity contribution in [2.75, 3.05) is 14.2 Å². The van der Waals surface area contributed by atoms with E-state index in [0.717, 1.165) is 59.8 Å². The van der Waals surface area contributed by atoms with Gasteiger partial charge in [0.15, 0.2) is 11.5 Å². The number of fused-ring (bicyclic) bond motifs is 5. The van der Waals surface area contributed by atoms with Crippen LogP contribution in [0.5, 0.6) is 11.5 Å². The number of hydrogen-bond acceptors (Lipinski definition) is 3. The summed E-state index contributed by atoms with van der Waals surface area (Å²) in [5.41, 5.74) is 2.60. The fourth-order valence-corrected chi connectivity index (χ4v) is 9.45. The molecule has 0 saturated heterocycles. The second-order valence-electron chi connectivity index (χ2n) is 14.0. The number of hydrogen-bond donors (Lipinski definition) is 1. The van der Waals surface area contributed by atoms with E-state index in [1.807, 2.05) is 24.3 Å². The molecule has 3 nitrogen and oxygen atoms in total. The average Bonchev–Trinajstić information content (AvgIpc) is 3.26. The van der Waals surface area contributed by atoms with E-state index >= 15 is 0 Å². The molecule has 4 aliphatic rings. The number of para-hydroxylation sites is 2. The van der Waals surface area contributed by atoms with Gasteiger partial charge in [-0.3, -0.25) is 0 Å². The molecule has 8 atom stereocenters. The van der Waals surface area contributed by atoms with E-state index in [1.165, 1.54) is 57.8 Å². The normalized spacial score (nSPS) is 36.7. The Morgan fingerprint density at radius 1 is 0.895 bits per heavy atom. The van der Waals surface area contributed by atoms with Crippen LogP contribution in [0.2, 0.25) is 0 Å². The first-order valence-electron chi connectivity index (χ1n) is 15.7. The van der Waals surface area contributed by atoms with Crippen LogP contribution in [0.15, 0.2) is 35.9 Å². The van der Waals surface area contributed by atoms with E-state index in [0.29, 0.717) is 10.8 Å². The lowest BCUT2D eigenvalue weighted by molar-refractivity contribution is -0.0573. The van der Waals surface area contributed by atoms with Crippen molar-refractivity contribution in [3.05, 3.63) is 35.9 Å². The van der Waals surface area contributed by atoms with Gasteiger partial charge in [-0.2, -0.15) is 0 Å². The highest BCUT2D eigenvalue weighted by Gasteiger charge is 2.59. The molecule has 4 aliphatic carbocycles. The maximum Gasteiger partial charge on any atom is 0.160 e. The minimum absolute atomic E-state index is 0.0766. The van der Waals surface area contributed by atoms with Crippen LogP contribution in [0.1, 0.15) is 105 Å². The van der Waals surface area contributed by atoms with Crippen molar-refractivity contribution in [2.24, 2.45) is 46.3 Å². The predicted molar refractivity (Wildman–Crippen MR) is 159 cm³/mol. The Morgan fingerprint density at radius 2 is 1.58 bits per heavy atom. The van der Waals surface area contributed by atoms with Crippen molar-refractivity contribution in [3.63, 3.8) is 0 Å². The van der Waals surface area contributed by atoms with Crippen molar-refractivity contribution in [1.29, 1.82) is 0 Å². The molecule has 0 amide bonds. The molecule has 0 bridgehead atoms. The summed E-state index contributed by atoms with van der Waals surface area (Å²) >= 11 is 0. The van der Waals surface area contributed by atoms with Crippen molar-refractivity contribution < 1.29 is 14.6 Å². The van der Waals surface area contributed by atoms with Gasteiger partial charge in [0.2, 0.25) is 0 Å². The molecule has 214 valence electrons. The summed E-state index contributed by atoms with van der Waals surface area (Å²) in [6.07, 6.45) is 17.2. The first kappa shape index (κ1) is 29.5. The molecule has 1 unspecified atom stereocenters. The summed E-state index contributed by atoms with van der Waals surface area (Å²) in [4.78, 5) is 0. The molecule has 1 N–H and O–H groups in total. The molecule has 0 spiro atoms. The highest BCUT2D eigenvalue weighted by Crippen LogP contribution is 2.67. The molecule has 0 radical (unpaired) electrons. The smallest absolute Gasteiger partial charge is 0.160 e. The quantitative estimate of drug-likeness (QED) is 0.361. The summed E-state index contributed by atoms with van der Waals surface area (Å²) in [7, 11) is 3.25. The molecule has 0 aromatic heterocycles. The summed E-state index contributed by atoms with van der Waals surface area (Å²) in [6, 6.07) is 7.53. The van der Waals surface area contributed by atoms with Gasteiger partial charge < -0.3 is 14.6 Å². The number of allylic oxidation sites excluding steroid dienone is 1. The number of ether oxygens (including phenoxy) is 2. The summed E-state index contributed by atoms with van der Waals surface area (Å²) in [6.45, 7) is 12.6. The van der Waals surface area contributed by atoms with Crippen LogP contribution in [0.3, 0.4) is 0 Å². The average molecular weight is 525 g/mol. The molecular weight excluding hydrogens is 468 g/mol. The Bertz CT molecular complexity index is 914. The molecule has 3 fully saturated rings. The number of benzene rings is 1. The Labute approximate surface area is 233 Å². The molecular formula is C35H56O3. The SMILES string of the molecule is CC(C)CCCC(C)[C@H]1CC[C@H]2[C@@H]3CC=C4C[C@@H](O)CC[C@]4(C)[C@H]3CC[C@]12C.COc1ccccc1OC. The second-order valence-corrected chi connectivity index (χ2v) is 14.0. The fourth-order valence-electron chi connectivity index (χ4n) is 9.45. The van der Waals surface area contributed by atoms with Crippen molar-refractivity contribution in [2.45, 2.75) is 111 Å². The first-order chi connectivity index (χ1) is 18.1. The zero-order valence-electron chi connectivity index (χ0n) is 25.5. The van der Waals surface area contributed by atoms with E-state index in [1.54, 1.807) is 19.8 Å². The summed E-state index contributed by atoms with van der Waals surface area (Å²) in [5.74, 6) is 6.99. The van der Waals surface area contributed by atoms with Gasteiger partial charge in [-0.05, 0) is 110 Å². The van der Waals surface area contributed by atoms with Crippen LogP contribution in [0.4, 0.5) is 0 Å². The van der Waals surface area contributed by atoms with Gasteiger partial charge in [0, 0.05) is 0 Å². The minimum atomic E-state index is -0.0766. The van der Waals surface area contributed by atoms with Gasteiger partial charge in [0.1, 0.15) is 0 Å². The van der Waals surface area contributed by atoms with Gasteiger partial charge >= 0.3 is 0 Å². The van der Waals surface area contributed by atoms with Crippen LogP contribution >= 0.6 is 0 Å².